The van der Waals surface area contributed by atoms with E-state index in [0.717, 1.165) is 33.6 Å². The van der Waals surface area contributed by atoms with E-state index in [4.69, 9.17) is 17.4 Å². The highest BCUT2D eigenvalue weighted by atomic mass is 79.9. The molecule has 3 N–H and O–H groups in total. The minimum atomic E-state index is 0.116. The Morgan fingerprint density at radius 1 is 1.38 bits per heavy atom. The SMILES string of the molecule is Cc1nn(C)c(C)c1CC(Cc1ccc(Br)cc1Cl)NN. The Kier molecular flexibility index (Phi) is 5.43. The fourth-order valence-corrected chi connectivity index (χ4v) is 3.25. The molecule has 2 aromatic rings. The summed E-state index contributed by atoms with van der Waals surface area (Å²) < 4.78 is 2.89. The Balaban J connectivity index is 2.17. The van der Waals surface area contributed by atoms with Gasteiger partial charge in [0.05, 0.1) is 5.69 Å². The summed E-state index contributed by atoms with van der Waals surface area (Å²) in [7, 11) is 1.96. The van der Waals surface area contributed by atoms with Crippen LogP contribution in [-0.4, -0.2) is 15.8 Å². The molecule has 0 fully saturated rings. The maximum atomic E-state index is 6.29. The van der Waals surface area contributed by atoms with Gasteiger partial charge in [0.15, 0.2) is 0 Å². The largest absolute Gasteiger partial charge is 0.272 e. The normalized spacial score (nSPS) is 12.7. The summed E-state index contributed by atoms with van der Waals surface area (Å²) in [5.74, 6) is 5.73. The first kappa shape index (κ1) is 16.5. The second kappa shape index (κ2) is 6.92. The minimum Gasteiger partial charge on any atom is -0.272 e. The van der Waals surface area contributed by atoms with Crippen molar-refractivity contribution in [1.29, 1.82) is 0 Å². The van der Waals surface area contributed by atoms with E-state index >= 15 is 0 Å². The molecule has 4 nitrogen and oxygen atoms in total. The average Bonchev–Trinajstić information content (AvgIpc) is 2.67. The van der Waals surface area contributed by atoms with Crippen molar-refractivity contribution in [1.82, 2.24) is 15.2 Å². The van der Waals surface area contributed by atoms with Crippen LogP contribution in [0.15, 0.2) is 22.7 Å². The van der Waals surface area contributed by atoms with E-state index in [2.05, 4.69) is 33.4 Å². The lowest BCUT2D eigenvalue weighted by Gasteiger charge is -2.17. The van der Waals surface area contributed by atoms with Gasteiger partial charge < -0.3 is 0 Å². The number of aryl methyl sites for hydroxylation is 2. The monoisotopic (exact) mass is 370 g/mol. The lowest BCUT2D eigenvalue weighted by Crippen LogP contribution is -2.38. The molecular weight excluding hydrogens is 352 g/mol. The summed E-state index contributed by atoms with van der Waals surface area (Å²) in [6.45, 7) is 4.11. The molecule has 2 rings (SSSR count). The van der Waals surface area contributed by atoms with Crippen molar-refractivity contribution < 1.29 is 0 Å². The zero-order chi connectivity index (χ0) is 15.6. The van der Waals surface area contributed by atoms with E-state index in [0.29, 0.717) is 0 Å². The van der Waals surface area contributed by atoms with Crippen LogP contribution in [0.25, 0.3) is 0 Å². The second-order valence-corrected chi connectivity index (χ2v) is 6.60. The van der Waals surface area contributed by atoms with E-state index < -0.39 is 0 Å². The fourth-order valence-electron chi connectivity index (χ4n) is 2.50. The molecule has 0 saturated heterocycles. The average molecular weight is 372 g/mol. The van der Waals surface area contributed by atoms with Gasteiger partial charge in [0, 0.05) is 28.3 Å². The first-order valence-electron chi connectivity index (χ1n) is 6.81. The van der Waals surface area contributed by atoms with Crippen molar-refractivity contribution in [2.45, 2.75) is 32.7 Å². The Morgan fingerprint density at radius 2 is 2.10 bits per heavy atom. The molecule has 0 aliphatic carbocycles. The van der Waals surface area contributed by atoms with Crippen LogP contribution in [0.5, 0.6) is 0 Å². The molecule has 1 unspecified atom stereocenters. The minimum absolute atomic E-state index is 0.116. The molecule has 0 saturated carbocycles. The van der Waals surface area contributed by atoms with Crippen LogP contribution in [0.3, 0.4) is 0 Å². The van der Waals surface area contributed by atoms with Crippen molar-refractivity contribution in [2.24, 2.45) is 12.9 Å². The first-order valence-corrected chi connectivity index (χ1v) is 7.98. The van der Waals surface area contributed by atoms with Gasteiger partial charge in [0.1, 0.15) is 0 Å². The Bertz CT molecular complexity index is 639. The van der Waals surface area contributed by atoms with Gasteiger partial charge in [-0.25, -0.2) is 0 Å². The molecule has 0 aliphatic rings. The lowest BCUT2D eigenvalue weighted by molar-refractivity contribution is 0.520. The molecule has 1 heterocycles. The number of nitrogens with zero attached hydrogens (tertiary/aromatic N) is 2. The van der Waals surface area contributed by atoms with Crippen LogP contribution in [0.1, 0.15) is 22.5 Å². The topological polar surface area (TPSA) is 55.9 Å². The summed E-state index contributed by atoms with van der Waals surface area (Å²) in [5, 5.41) is 5.20. The molecule has 0 radical (unpaired) electrons. The molecule has 0 spiro atoms. The number of nitrogens with one attached hydrogen (secondary N) is 1. The predicted molar refractivity (Wildman–Crippen MR) is 90.4 cm³/mol. The molecule has 114 valence electrons. The Hall–Kier alpha value is -0.880. The van der Waals surface area contributed by atoms with E-state index in [-0.39, 0.29) is 6.04 Å². The van der Waals surface area contributed by atoms with Crippen molar-refractivity contribution in [2.75, 3.05) is 0 Å². The third-order valence-electron chi connectivity index (χ3n) is 3.83. The van der Waals surface area contributed by atoms with Crippen LogP contribution < -0.4 is 11.3 Å². The first-order chi connectivity index (χ1) is 9.92. The summed E-state index contributed by atoms with van der Waals surface area (Å²) in [5.41, 5.74) is 7.46. The van der Waals surface area contributed by atoms with E-state index in [1.807, 2.05) is 36.9 Å². The molecule has 21 heavy (non-hydrogen) atoms. The van der Waals surface area contributed by atoms with E-state index in [9.17, 15) is 0 Å². The summed E-state index contributed by atoms with van der Waals surface area (Å²) >= 11 is 9.70. The van der Waals surface area contributed by atoms with Crippen molar-refractivity contribution >= 4 is 27.5 Å². The van der Waals surface area contributed by atoms with Gasteiger partial charge >= 0.3 is 0 Å². The summed E-state index contributed by atoms with van der Waals surface area (Å²) in [6.07, 6.45) is 1.60. The van der Waals surface area contributed by atoms with Crippen LogP contribution in [0, 0.1) is 13.8 Å². The second-order valence-electron chi connectivity index (χ2n) is 5.28. The van der Waals surface area contributed by atoms with E-state index in [1.54, 1.807) is 0 Å². The van der Waals surface area contributed by atoms with Gasteiger partial charge in [-0.1, -0.05) is 33.6 Å². The van der Waals surface area contributed by atoms with Crippen molar-refractivity contribution in [3.8, 4) is 0 Å². The number of rotatable bonds is 5. The summed E-state index contributed by atoms with van der Waals surface area (Å²) in [4.78, 5) is 0. The smallest absolute Gasteiger partial charge is 0.0628 e. The van der Waals surface area contributed by atoms with Crippen molar-refractivity contribution in [3.05, 3.63) is 50.2 Å². The highest BCUT2D eigenvalue weighted by molar-refractivity contribution is 9.10. The maximum absolute atomic E-state index is 6.29. The molecule has 1 aromatic heterocycles. The highest BCUT2D eigenvalue weighted by Crippen LogP contribution is 2.23. The van der Waals surface area contributed by atoms with Crippen molar-refractivity contribution in [3.63, 3.8) is 0 Å². The number of benzene rings is 1. The summed E-state index contributed by atoms with van der Waals surface area (Å²) in [6, 6.07) is 6.05. The van der Waals surface area contributed by atoms with Gasteiger partial charge in [-0.05, 0) is 49.9 Å². The van der Waals surface area contributed by atoms with E-state index in [1.165, 1.54) is 11.3 Å². The predicted octanol–water partition coefficient (Wildman–Crippen LogP) is 3.07. The molecule has 0 bridgehead atoms. The number of aromatic nitrogens is 2. The fraction of sp³-hybridized carbons (Fsp3) is 0.400. The van der Waals surface area contributed by atoms with Gasteiger partial charge in [-0.15, -0.1) is 0 Å². The van der Waals surface area contributed by atoms with Crippen LogP contribution in [-0.2, 0) is 19.9 Å². The maximum Gasteiger partial charge on any atom is 0.0628 e. The standard InChI is InChI=1S/C15H20BrClN4/c1-9-14(10(2)21(3)20-9)8-13(19-18)6-11-4-5-12(16)7-15(11)17/h4-5,7,13,19H,6,8,18H2,1-3H3. The van der Waals surface area contributed by atoms with Crippen LogP contribution in [0.4, 0.5) is 0 Å². The number of halogens is 2. The lowest BCUT2D eigenvalue weighted by atomic mass is 9.98. The number of hydrogen-bond acceptors (Lipinski definition) is 3. The van der Waals surface area contributed by atoms with Gasteiger partial charge in [0.25, 0.3) is 0 Å². The zero-order valence-corrected chi connectivity index (χ0v) is 14.8. The molecule has 1 aromatic carbocycles. The number of nitrogens with two attached hydrogens (primary N) is 1. The molecule has 1 atom stereocenters. The quantitative estimate of drug-likeness (QED) is 0.627. The highest BCUT2D eigenvalue weighted by Gasteiger charge is 2.16. The number of hydrogen-bond donors (Lipinski definition) is 2. The van der Waals surface area contributed by atoms with Crippen LogP contribution in [0.2, 0.25) is 5.02 Å². The van der Waals surface area contributed by atoms with Gasteiger partial charge in [-0.2, -0.15) is 5.10 Å². The Labute approximate surface area is 138 Å². The van der Waals surface area contributed by atoms with Crippen LogP contribution >= 0.6 is 27.5 Å². The van der Waals surface area contributed by atoms with Gasteiger partial charge in [-0.3, -0.25) is 16.0 Å². The third kappa shape index (κ3) is 3.86. The third-order valence-corrected chi connectivity index (χ3v) is 4.67. The molecule has 0 amide bonds. The van der Waals surface area contributed by atoms with Gasteiger partial charge in [0.2, 0.25) is 0 Å². The Morgan fingerprint density at radius 3 is 2.62 bits per heavy atom. The molecule has 6 heteroatoms. The molecule has 0 aliphatic heterocycles. The number of hydrazine groups is 1. The molecular formula is C15H20BrClN4. The zero-order valence-electron chi connectivity index (χ0n) is 12.5.